The Bertz CT molecular complexity index is 936. The Morgan fingerprint density at radius 3 is 2.14 bits per heavy atom. The van der Waals surface area contributed by atoms with Gasteiger partial charge in [-0.2, -0.15) is 18.2 Å². The maximum Gasteiger partial charge on any atom is 0.421 e. The highest BCUT2D eigenvalue weighted by Gasteiger charge is 2.35. The molecule has 1 heterocycles. The molecule has 0 unspecified atom stereocenters. The smallest absolute Gasteiger partial charge is 0.340 e. The largest absolute Gasteiger partial charge is 0.421 e. The van der Waals surface area contributed by atoms with E-state index in [0.717, 1.165) is 31.0 Å². The summed E-state index contributed by atoms with van der Waals surface area (Å²) in [5.41, 5.74) is 2.54. The molecule has 152 valence electrons. The van der Waals surface area contributed by atoms with Gasteiger partial charge in [0.1, 0.15) is 11.4 Å². The molecule has 3 aromatic rings. The molecule has 0 fully saturated rings. The molecule has 3 rings (SSSR count). The fraction of sp³-hybridized carbons (Fsp3) is 0.273. The van der Waals surface area contributed by atoms with E-state index in [0.29, 0.717) is 11.4 Å². The van der Waals surface area contributed by atoms with Crippen LogP contribution in [0.5, 0.6) is 0 Å². The fourth-order valence-corrected chi connectivity index (χ4v) is 2.78. The lowest BCUT2D eigenvalue weighted by atomic mass is 10.1. The normalized spacial score (nSPS) is 11.3. The number of halogens is 3. The van der Waals surface area contributed by atoms with E-state index in [4.69, 9.17) is 0 Å². The first kappa shape index (κ1) is 20.6. The van der Waals surface area contributed by atoms with Crippen LogP contribution in [0.2, 0.25) is 0 Å². The van der Waals surface area contributed by atoms with Crippen molar-refractivity contribution in [2.45, 2.75) is 39.3 Å². The van der Waals surface area contributed by atoms with E-state index >= 15 is 0 Å². The minimum Gasteiger partial charge on any atom is -0.340 e. The van der Waals surface area contributed by atoms with Crippen LogP contribution in [-0.2, 0) is 12.6 Å². The van der Waals surface area contributed by atoms with Crippen LogP contribution in [0, 0.1) is 6.92 Å². The Balaban J connectivity index is 1.83. The number of unbranched alkanes of at least 4 members (excludes halogenated alkanes) is 1. The van der Waals surface area contributed by atoms with Gasteiger partial charge in [-0.05, 0) is 49.6 Å². The van der Waals surface area contributed by atoms with Gasteiger partial charge in [-0.15, -0.1) is 0 Å². The third kappa shape index (κ3) is 5.70. The van der Waals surface area contributed by atoms with E-state index in [9.17, 15) is 13.2 Å². The van der Waals surface area contributed by atoms with Gasteiger partial charge in [0.15, 0.2) is 0 Å². The summed E-state index contributed by atoms with van der Waals surface area (Å²) in [6.45, 7) is 4.05. The summed E-state index contributed by atoms with van der Waals surface area (Å²) in [5, 5.41) is 5.73. The summed E-state index contributed by atoms with van der Waals surface area (Å²) in [6.07, 6.45) is -0.537. The lowest BCUT2D eigenvalue weighted by Gasteiger charge is -2.15. The molecule has 0 aliphatic rings. The molecule has 0 aliphatic heterocycles. The van der Waals surface area contributed by atoms with Crippen molar-refractivity contribution in [1.29, 1.82) is 0 Å². The number of nitrogens with one attached hydrogen (secondary N) is 2. The minimum absolute atomic E-state index is 0.0916. The number of benzene rings is 2. The zero-order valence-corrected chi connectivity index (χ0v) is 16.3. The maximum absolute atomic E-state index is 13.4. The summed E-state index contributed by atoms with van der Waals surface area (Å²) in [7, 11) is 0. The van der Waals surface area contributed by atoms with E-state index in [1.807, 2.05) is 43.3 Å². The molecule has 2 aromatic carbocycles. The molecular formula is C22H23F3N4. The standard InChI is InChI=1S/C22H23F3N4/c1-3-4-5-16-8-12-18(13-9-16)28-21-26-14-19(22(23,24)25)20(29-21)27-17-10-6-15(2)7-11-17/h6-14H,3-5H2,1-2H3,(H2,26,27,28,29). The summed E-state index contributed by atoms with van der Waals surface area (Å²) in [4.78, 5) is 7.92. The lowest BCUT2D eigenvalue weighted by Crippen LogP contribution is -2.12. The molecule has 0 radical (unpaired) electrons. The van der Waals surface area contributed by atoms with Crippen LogP contribution in [0.15, 0.2) is 54.7 Å². The van der Waals surface area contributed by atoms with Crippen molar-refractivity contribution in [1.82, 2.24) is 9.97 Å². The number of hydrogen-bond donors (Lipinski definition) is 2. The highest BCUT2D eigenvalue weighted by Crippen LogP contribution is 2.35. The van der Waals surface area contributed by atoms with Gasteiger partial charge in [-0.25, -0.2) is 4.98 Å². The molecule has 0 atom stereocenters. The summed E-state index contributed by atoms with van der Waals surface area (Å²) < 4.78 is 40.1. The number of alkyl halides is 3. The molecule has 7 heteroatoms. The number of aryl methyl sites for hydroxylation is 2. The zero-order chi connectivity index (χ0) is 20.9. The number of rotatable bonds is 7. The van der Waals surface area contributed by atoms with E-state index in [2.05, 4.69) is 27.5 Å². The van der Waals surface area contributed by atoms with Crippen molar-refractivity contribution >= 4 is 23.1 Å². The number of aromatic nitrogens is 2. The van der Waals surface area contributed by atoms with E-state index < -0.39 is 11.7 Å². The topological polar surface area (TPSA) is 49.8 Å². The summed E-state index contributed by atoms with van der Waals surface area (Å²) >= 11 is 0. The van der Waals surface area contributed by atoms with Crippen molar-refractivity contribution in [3.63, 3.8) is 0 Å². The molecular weight excluding hydrogens is 377 g/mol. The highest BCUT2D eigenvalue weighted by atomic mass is 19.4. The summed E-state index contributed by atoms with van der Waals surface area (Å²) in [6, 6.07) is 14.8. The molecule has 0 saturated heterocycles. The first-order chi connectivity index (χ1) is 13.8. The number of anilines is 4. The van der Waals surface area contributed by atoms with Gasteiger partial charge in [0.05, 0.1) is 0 Å². The second-order valence-corrected chi connectivity index (χ2v) is 6.87. The first-order valence-corrected chi connectivity index (χ1v) is 9.49. The van der Waals surface area contributed by atoms with Gasteiger partial charge < -0.3 is 10.6 Å². The van der Waals surface area contributed by atoms with Crippen LogP contribution in [0.1, 0.15) is 36.5 Å². The van der Waals surface area contributed by atoms with Crippen molar-refractivity contribution in [3.05, 3.63) is 71.4 Å². The molecule has 0 aliphatic carbocycles. The average molecular weight is 400 g/mol. The summed E-state index contributed by atoms with van der Waals surface area (Å²) in [5.74, 6) is -0.202. The van der Waals surface area contributed by atoms with E-state index in [-0.39, 0.29) is 11.8 Å². The number of nitrogens with zero attached hydrogens (tertiary/aromatic N) is 2. The molecule has 29 heavy (non-hydrogen) atoms. The SMILES string of the molecule is CCCCc1ccc(Nc2ncc(C(F)(F)F)c(Nc3ccc(C)cc3)n2)cc1. The minimum atomic E-state index is -4.56. The molecule has 0 spiro atoms. The van der Waals surface area contributed by atoms with Crippen LogP contribution < -0.4 is 10.6 Å². The Kier molecular flexibility index (Phi) is 6.36. The molecule has 1 aromatic heterocycles. The third-order valence-electron chi connectivity index (χ3n) is 4.44. The monoisotopic (exact) mass is 400 g/mol. The van der Waals surface area contributed by atoms with Crippen LogP contribution in [-0.4, -0.2) is 9.97 Å². The van der Waals surface area contributed by atoms with Gasteiger partial charge in [0, 0.05) is 17.6 Å². The molecule has 0 saturated carbocycles. The van der Waals surface area contributed by atoms with Crippen LogP contribution in [0.3, 0.4) is 0 Å². The number of hydrogen-bond acceptors (Lipinski definition) is 4. The van der Waals surface area contributed by atoms with Gasteiger partial charge in [0.2, 0.25) is 5.95 Å². The van der Waals surface area contributed by atoms with Crippen LogP contribution in [0.25, 0.3) is 0 Å². The van der Waals surface area contributed by atoms with E-state index in [1.165, 1.54) is 5.56 Å². The van der Waals surface area contributed by atoms with Crippen molar-refractivity contribution < 1.29 is 13.2 Å². The quantitative estimate of drug-likeness (QED) is 0.467. The molecule has 0 amide bonds. The van der Waals surface area contributed by atoms with E-state index in [1.54, 1.807) is 12.1 Å². The highest BCUT2D eigenvalue weighted by molar-refractivity contribution is 5.63. The Hall–Kier alpha value is -3.09. The van der Waals surface area contributed by atoms with Gasteiger partial charge in [-0.3, -0.25) is 0 Å². The Morgan fingerprint density at radius 2 is 1.52 bits per heavy atom. The molecule has 0 bridgehead atoms. The predicted octanol–water partition coefficient (Wildman–Crippen LogP) is 6.63. The fourth-order valence-electron chi connectivity index (χ4n) is 2.78. The lowest BCUT2D eigenvalue weighted by molar-refractivity contribution is -0.137. The average Bonchev–Trinajstić information content (AvgIpc) is 2.68. The van der Waals surface area contributed by atoms with Crippen molar-refractivity contribution in [3.8, 4) is 0 Å². The second kappa shape index (κ2) is 8.94. The van der Waals surface area contributed by atoms with Gasteiger partial charge in [-0.1, -0.05) is 43.2 Å². The van der Waals surface area contributed by atoms with Gasteiger partial charge >= 0.3 is 6.18 Å². The van der Waals surface area contributed by atoms with Crippen molar-refractivity contribution in [2.24, 2.45) is 0 Å². The predicted molar refractivity (Wildman–Crippen MR) is 110 cm³/mol. The Morgan fingerprint density at radius 1 is 0.897 bits per heavy atom. The zero-order valence-electron chi connectivity index (χ0n) is 16.3. The van der Waals surface area contributed by atoms with Crippen LogP contribution in [0.4, 0.5) is 36.3 Å². The molecule has 2 N–H and O–H groups in total. The first-order valence-electron chi connectivity index (χ1n) is 9.49. The van der Waals surface area contributed by atoms with Crippen LogP contribution >= 0.6 is 0 Å². The van der Waals surface area contributed by atoms with Gasteiger partial charge in [0.25, 0.3) is 0 Å². The molecule has 4 nitrogen and oxygen atoms in total. The third-order valence-corrected chi connectivity index (χ3v) is 4.44. The van der Waals surface area contributed by atoms with Crippen molar-refractivity contribution in [2.75, 3.05) is 10.6 Å². The Labute approximate surface area is 168 Å². The maximum atomic E-state index is 13.4. The second-order valence-electron chi connectivity index (χ2n) is 6.87.